The van der Waals surface area contributed by atoms with E-state index in [0.717, 1.165) is 54.7 Å². The Labute approximate surface area is 252 Å². The number of halogens is 1. The molecule has 3 aliphatic carbocycles. The molecule has 222 valence electrons. The molecule has 1 N–H and O–H groups in total. The fraction of sp³-hybridized carbons (Fsp3) is 0.625. The molecule has 3 unspecified atom stereocenters. The maximum atomic E-state index is 12.9. The second-order valence-electron chi connectivity index (χ2n) is 13.2. The van der Waals surface area contributed by atoms with E-state index in [9.17, 15) is 9.59 Å². The van der Waals surface area contributed by atoms with Crippen LogP contribution in [0.25, 0.3) is 0 Å². The summed E-state index contributed by atoms with van der Waals surface area (Å²) in [4.78, 5) is 35.8. The van der Waals surface area contributed by atoms with E-state index < -0.39 is 5.97 Å². The molecule has 0 saturated heterocycles. The summed E-state index contributed by atoms with van der Waals surface area (Å²) in [6.07, 6.45) is 8.06. The summed E-state index contributed by atoms with van der Waals surface area (Å²) in [6, 6.07) is 4.40. The summed E-state index contributed by atoms with van der Waals surface area (Å²) in [5, 5.41) is 8.20. The standard InChI is InChI=1S/C32H42ClN3O4S/c1-18-17-34-30(41-18)35-27(37)10-8-20-14-26(36-39-6)32(5)12-11-21-22(29(20)32)9-7-19-13-25(40-28(38)16-33)24(15-23(19)21)31(2,3)4/h13,15,17,20-22,29H,7-12,14,16H2,1-6H3,(H,34,35,37)/b36-26+/t20-,21?,22?,29?,32-/m1/s1. The van der Waals surface area contributed by atoms with E-state index in [4.69, 9.17) is 21.2 Å². The molecular weight excluding hydrogens is 558 g/mol. The topological polar surface area (TPSA) is 89.9 Å². The van der Waals surface area contributed by atoms with Crippen molar-refractivity contribution < 1.29 is 19.2 Å². The predicted octanol–water partition coefficient (Wildman–Crippen LogP) is 7.40. The van der Waals surface area contributed by atoms with Gasteiger partial charge < -0.3 is 14.9 Å². The summed E-state index contributed by atoms with van der Waals surface area (Å²) in [7, 11) is 1.63. The van der Waals surface area contributed by atoms with Crippen LogP contribution in [0.2, 0.25) is 0 Å². The van der Waals surface area contributed by atoms with Crippen LogP contribution >= 0.6 is 22.9 Å². The highest BCUT2D eigenvalue weighted by Crippen LogP contribution is 2.63. The third-order valence-electron chi connectivity index (χ3n) is 9.65. The number of rotatable bonds is 7. The molecule has 2 fully saturated rings. The molecule has 5 rings (SSSR count). The zero-order valence-corrected chi connectivity index (χ0v) is 26.6. The van der Waals surface area contributed by atoms with Crippen molar-refractivity contribution in [3.8, 4) is 5.75 Å². The molecule has 9 heteroatoms. The smallest absolute Gasteiger partial charge is 0.326 e. The van der Waals surface area contributed by atoms with Crippen LogP contribution in [0.15, 0.2) is 23.5 Å². The van der Waals surface area contributed by atoms with Gasteiger partial charge in [0.1, 0.15) is 18.7 Å². The van der Waals surface area contributed by atoms with E-state index in [1.54, 1.807) is 13.3 Å². The first-order valence-corrected chi connectivity index (χ1v) is 16.1. The van der Waals surface area contributed by atoms with Gasteiger partial charge in [-0.15, -0.1) is 22.9 Å². The molecule has 2 saturated carbocycles. The molecule has 1 amide bonds. The Balaban J connectivity index is 1.43. The summed E-state index contributed by atoms with van der Waals surface area (Å²) < 4.78 is 5.72. The van der Waals surface area contributed by atoms with E-state index in [2.05, 4.69) is 55.3 Å². The molecule has 3 aliphatic rings. The lowest BCUT2D eigenvalue weighted by molar-refractivity contribution is -0.131. The Hall–Kier alpha value is -2.45. The number of fused-ring (bicyclic) bond motifs is 5. The molecule has 5 atom stereocenters. The monoisotopic (exact) mass is 599 g/mol. The lowest BCUT2D eigenvalue weighted by Gasteiger charge is -2.50. The summed E-state index contributed by atoms with van der Waals surface area (Å²) >= 11 is 7.28. The van der Waals surface area contributed by atoms with Gasteiger partial charge in [-0.1, -0.05) is 38.9 Å². The minimum Gasteiger partial charge on any atom is -0.425 e. The maximum absolute atomic E-state index is 12.9. The maximum Gasteiger partial charge on any atom is 0.326 e. The average molecular weight is 600 g/mol. The molecular formula is C32H42ClN3O4S. The number of hydrogen-bond acceptors (Lipinski definition) is 7. The van der Waals surface area contributed by atoms with Gasteiger partial charge in [0.15, 0.2) is 5.13 Å². The summed E-state index contributed by atoms with van der Waals surface area (Å²) in [5.41, 5.74) is 4.64. The van der Waals surface area contributed by atoms with Crippen LogP contribution in [0.5, 0.6) is 5.75 Å². The quantitative estimate of drug-likeness (QED) is 0.155. The van der Waals surface area contributed by atoms with Gasteiger partial charge in [-0.2, -0.15) is 0 Å². The van der Waals surface area contributed by atoms with Gasteiger partial charge in [0.05, 0.1) is 5.71 Å². The van der Waals surface area contributed by atoms with Gasteiger partial charge in [0.25, 0.3) is 0 Å². The molecule has 1 aromatic carbocycles. The summed E-state index contributed by atoms with van der Waals surface area (Å²) in [6.45, 7) is 10.8. The van der Waals surface area contributed by atoms with Crippen molar-refractivity contribution in [3.63, 3.8) is 0 Å². The van der Waals surface area contributed by atoms with E-state index in [0.29, 0.717) is 41.0 Å². The molecule has 1 aromatic heterocycles. The number of thiazole rings is 1. The zero-order valence-electron chi connectivity index (χ0n) is 25.0. The minimum atomic E-state index is -0.424. The fourth-order valence-electron chi connectivity index (χ4n) is 7.93. The minimum absolute atomic E-state index is 0.0216. The third kappa shape index (κ3) is 5.92. The lowest BCUT2D eigenvalue weighted by Crippen LogP contribution is -2.44. The van der Waals surface area contributed by atoms with Gasteiger partial charge in [-0.25, -0.2) is 4.98 Å². The van der Waals surface area contributed by atoms with E-state index in [1.165, 1.54) is 22.5 Å². The van der Waals surface area contributed by atoms with E-state index in [-0.39, 0.29) is 22.6 Å². The third-order valence-corrected chi connectivity index (χ3v) is 10.7. The Morgan fingerprint density at radius 2 is 2.05 bits per heavy atom. The van der Waals surface area contributed by atoms with Crippen molar-refractivity contribution in [2.45, 2.75) is 90.9 Å². The molecule has 0 bridgehead atoms. The number of carbonyl (C=O) groups excluding carboxylic acids is 2. The number of ether oxygens (including phenoxy) is 1. The van der Waals surface area contributed by atoms with Gasteiger partial charge in [0.2, 0.25) is 5.91 Å². The number of carbonyl (C=O) groups is 2. The largest absolute Gasteiger partial charge is 0.425 e. The number of esters is 1. The first kappa shape index (κ1) is 30.0. The summed E-state index contributed by atoms with van der Waals surface area (Å²) in [5.74, 6) is 1.76. The molecule has 0 aliphatic heterocycles. The van der Waals surface area contributed by atoms with Crippen LogP contribution in [0.3, 0.4) is 0 Å². The number of aryl methyl sites for hydroxylation is 2. The van der Waals surface area contributed by atoms with Gasteiger partial charge >= 0.3 is 5.97 Å². The lowest BCUT2D eigenvalue weighted by atomic mass is 9.53. The Kier molecular flexibility index (Phi) is 8.55. The fourth-order valence-corrected chi connectivity index (χ4v) is 8.66. The zero-order chi connectivity index (χ0) is 29.5. The Bertz CT molecular complexity index is 1350. The van der Waals surface area contributed by atoms with Crippen molar-refractivity contribution >= 4 is 45.7 Å². The Morgan fingerprint density at radius 3 is 2.71 bits per heavy atom. The van der Waals surface area contributed by atoms with Crippen molar-refractivity contribution in [1.82, 2.24) is 4.98 Å². The van der Waals surface area contributed by atoms with Crippen LogP contribution in [0.1, 0.15) is 93.7 Å². The predicted molar refractivity (Wildman–Crippen MR) is 164 cm³/mol. The first-order chi connectivity index (χ1) is 19.4. The van der Waals surface area contributed by atoms with Crippen LogP contribution in [-0.4, -0.2) is 35.6 Å². The molecule has 41 heavy (non-hydrogen) atoms. The highest BCUT2D eigenvalue weighted by atomic mass is 35.5. The second-order valence-corrected chi connectivity index (χ2v) is 14.7. The number of anilines is 1. The van der Waals surface area contributed by atoms with E-state index in [1.807, 2.05) is 6.92 Å². The molecule has 7 nitrogen and oxygen atoms in total. The number of aromatic nitrogens is 1. The van der Waals surface area contributed by atoms with Crippen LogP contribution < -0.4 is 10.1 Å². The van der Waals surface area contributed by atoms with E-state index >= 15 is 0 Å². The van der Waals surface area contributed by atoms with Gasteiger partial charge in [0, 0.05) is 28.5 Å². The number of amides is 1. The van der Waals surface area contributed by atoms with Crippen LogP contribution in [0, 0.1) is 30.1 Å². The molecule has 0 spiro atoms. The van der Waals surface area contributed by atoms with Crippen molar-refractivity contribution in [2.75, 3.05) is 18.3 Å². The van der Waals surface area contributed by atoms with Crippen molar-refractivity contribution in [3.05, 3.63) is 39.9 Å². The number of nitrogens with one attached hydrogen (secondary N) is 1. The SMILES string of the molecule is CO/N=C1\C[C@@H](CCC(=O)Nc2ncc(C)s2)C2C3CCc4cc(OC(=O)CCl)c(C(C)(C)C)cc4C3CC[C@]12C. The number of alkyl halides is 1. The molecule has 2 aromatic rings. The number of nitrogens with zero attached hydrogens (tertiary/aromatic N) is 2. The van der Waals surface area contributed by atoms with Crippen LogP contribution in [0.4, 0.5) is 5.13 Å². The Morgan fingerprint density at radius 1 is 1.27 bits per heavy atom. The molecule has 0 radical (unpaired) electrons. The number of hydrogen-bond donors (Lipinski definition) is 1. The van der Waals surface area contributed by atoms with Crippen molar-refractivity contribution in [1.29, 1.82) is 0 Å². The number of oxime groups is 1. The van der Waals surface area contributed by atoms with Crippen molar-refractivity contribution in [2.24, 2.45) is 28.3 Å². The normalized spacial score (nSPS) is 28.0. The van der Waals surface area contributed by atoms with Crippen LogP contribution in [-0.2, 0) is 26.3 Å². The second kappa shape index (κ2) is 11.7. The van der Waals surface area contributed by atoms with Gasteiger partial charge in [-0.3, -0.25) is 9.59 Å². The number of benzene rings is 1. The first-order valence-electron chi connectivity index (χ1n) is 14.7. The molecule has 1 heterocycles. The average Bonchev–Trinajstić information content (AvgIpc) is 3.45. The van der Waals surface area contributed by atoms with Gasteiger partial charge in [-0.05, 0) is 91.7 Å². The highest BCUT2D eigenvalue weighted by molar-refractivity contribution is 7.15. The highest BCUT2D eigenvalue weighted by Gasteiger charge is 2.57.